The Morgan fingerprint density at radius 2 is 1.89 bits per heavy atom. The highest BCUT2D eigenvalue weighted by molar-refractivity contribution is 6.33. The van der Waals surface area contributed by atoms with Crippen molar-refractivity contribution in [2.75, 3.05) is 13.9 Å². The summed E-state index contributed by atoms with van der Waals surface area (Å²) < 4.78 is 21.4. The quantitative estimate of drug-likeness (QED) is 0.224. The molecule has 1 amide bonds. The van der Waals surface area contributed by atoms with Crippen LogP contribution in [0.5, 0.6) is 23.0 Å². The van der Waals surface area contributed by atoms with Gasteiger partial charge in [0.1, 0.15) is 11.6 Å². The van der Waals surface area contributed by atoms with Crippen molar-refractivity contribution in [3.63, 3.8) is 0 Å². The van der Waals surface area contributed by atoms with Crippen molar-refractivity contribution < 1.29 is 28.5 Å². The number of benzene rings is 3. The zero-order chi connectivity index (χ0) is 24.8. The molecule has 3 aromatic carbocycles. The number of nitrogens with one attached hydrogen (secondary N) is 1. The molecule has 0 atom stereocenters. The van der Waals surface area contributed by atoms with E-state index in [0.29, 0.717) is 17.1 Å². The Morgan fingerprint density at radius 1 is 1.09 bits per heavy atom. The number of hydrogen-bond donors (Lipinski definition) is 1. The van der Waals surface area contributed by atoms with Crippen molar-refractivity contribution in [2.45, 2.75) is 6.54 Å². The Morgan fingerprint density at radius 3 is 2.66 bits per heavy atom. The number of rotatable bonds is 7. The topological polar surface area (TPSA) is 107 Å². The molecule has 8 nitrogen and oxygen atoms in total. The molecule has 0 saturated heterocycles. The molecule has 9 heteroatoms. The van der Waals surface area contributed by atoms with E-state index in [9.17, 15) is 14.9 Å². The second kappa shape index (κ2) is 10.6. The molecule has 4 rings (SSSR count). The van der Waals surface area contributed by atoms with E-state index in [-0.39, 0.29) is 41.0 Å². The Kier molecular flexibility index (Phi) is 7.19. The highest BCUT2D eigenvalue weighted by Gasteiger charge is 2.17. The maximum atomic E-state index is 12.6. The van der Waals surface area contributed by atoms with Crippen LogP contribution in [-0.4, -0.2) is 25.8 Å². The average Bonchev–Trinajstić information content (AvgIpc) is 3.34. The number of carbonyl (C=O) groups is 2. The third-order valence-electron chi connectivity index (χ3n) is 5.05. The summed E-state index contributed by atoms with van der Waals surface area (Å²) in [5, 5.41) is 12.5. The second-order valence-corrected chi connectivity index (χ2v) is 7.73. The number of amides is 1. The lowest BCUT2D eigenvalue weighted by molar-refractivity contribution is -0.117. The van der Waals surface area contributed by atoms with Crippen LogP contribution in [0.1, 0.15) is 21.5 Å². The molecular formula is C26H19ClN2O6. The zero-order valence-electron chi connectivity index (χ0n) is 18.5. The van der Waals surface area contributed by atoms with Gasteiger partial charge in [0, 0.05) is 6.54 Å². The first kappa shape index (κ1) is 23.7. The molecular weight excluding hydrogens is 472 g/mol. The number of esters is 1. The van der Waals surface area contributed by atoms with Crippen LogP contribution in [0.3, 0.4) is 0 Å². The van der Waals surface area contributed by atoms with Gasteiger partial charge in [-0.15, -0.1) is 0 Å². The maximum absolute atomic E-state index is 12.6. The minimum absolute atomic E-state index is 0.103. The third-order valence-corrected chi connectivity index (χ3v) is 5.38. The van der Waals surface area contributed by atoms with Crippen molar-refractivity contribution in [2.24, 2.45) is 0 Å². The fraction of sp³-hybridized carbons (Fsp3) is 0.115. The van der Waals surface area contributed by atoms with Gasteiger partial charge in [0.15, 0.2) is 23.0 Å². The summed E-state index contributed by atoms with van der Waals surface area (Å²) in [7, 11) is 1.42. The molecule has 1 aliphatic rings. The first-order chi connectivity index (χ1) is 17.0. The van der Waals surface area contributed by atoms with Crippen LogP contribution in [0.25, 0.3) is 6.08 Å². The Hall–Kier alpha value is -4.48. The lowest BCUT2D eigenvalue weighted by Crippen LogP contribution is -2.23. The van der Waals surface area contributed by atoms with Crippen LogP contribution < -0.4 is 24.3 Å². The van der Waals surface area contributed by atoms with E-state index in [2.05, 4.69) is 5.32 Å². The first-order valence-corrected chi connectivity index (χ1v) is 10.8. The number of halogens is 1. The Labute approximate surface area is 206 Å². The number of fused-ring (bicyclic) bond motifs is 1. The molecule has 0 saturated carbocycles. The van der Waals surface area contributed by atoms with Crippen LogP contribution in [0.2, 0.25) is 5.02 Å². The van der Waals surface area contributed by atoms with E-state index in [0.717, 1.165) is 5.56 Å². The first-order valence-electron chi connectivity index (χ1n) is 10.4. The molecule has 0 radical (unpaired) electrons. The van der Waals surface area contributed by atoms with Gasteiger partial charge in [-0.25, -0.2) is 4.79 Å². The van der Waals surface area contributed by atoms with Gasteiger partial charge in [0.2, 0.25) is 6.79 Å². The lowest BCUT2D eigenvalue weighted by atomic mass is 10.1. The summed E-state index contributed by atoms with van der Waals surface area (Å²) >= 11 is 6.06. The van der Waals surface area contributed by atoms with Crippen molar-refractivity contribution in [1.82, 2.24) is 5.32 Å². The summed E-state index contributed by atoms with van der Waals surface area (Å²) in [5.74, 6) is 0.483. The molecule has 3 aromatic rings. The van der Waals surface area contributed by atoms with Gasteiger partial charge in [0.05, 0.1) is 17.7 Å². The van der Waals surface area contributed by atoms with Crippen LogP contribution in [0, 0.1) is 11.3 Å². The minimum Gasteiger partial charge on any atom is -0.493 e. The average molecular weight is 491 g/mol. The summed E-state index contributed by atoms with van der Waals surface area (Å²) in [4.78, 5) is 25.0. The van der Waals surface area contributed by atoms with E-state index in [4.69, 9.17) is 30.5 Å². The predicted molar refractivity (Wildman–Crippen MR) is 127 cm³/mol. The zero-order valence-corrected chi connectivity index (χ0v) is 19.3. The predicted octanol–water partition coefficient (Wildman–Crippen LogP) is 4.52. The number of methoxy groups -OCH3 is 1. The molecule has 176 valence electrons. The van der Waals surface area contributed by atoms with Gasteiger partial charge in [-0.05, 0) is 53.6 Å². The van der Waals surface area contributed by atoms with E-state index >= 15 is 0 Å². The number of hydrogen-bond acceptors (Lipinski definition) is 7. The number of nitriles is 1. The number of nitrogens with zero attached hydrogens (tertiary/aromatic N) is 1. The van der Waals surface area contributed by atoms with Crippen molar-refractivity contribution in [1.29, 1.82) is 5.26 Å². The molecule has 1 heterocycles. The largest absolute Gasteiger partial charge is 0.493 e. The minimum atomic E-state index is -0.641. The molecule has 0 unspecified atom stereocenters. The van der Waals surface area contributed by atoms with Gasteiger partial charge < -0.3 is 24.3 Å². The van der Waals surface area contributed by atoms with Crippen LogP contribution in [-0.2, 0) is 11.3 Å². The molecule has 1 aliphatic heterocycles. The number of ether oxygens (including phenoxy) is 4. The molecule has 0 spiro atoms. The molecule has 0 fully saturated rings. The molecule has 0 aliphatic carbocycles. The van der Waals surface area contributed by atoms with Crippen molar-refractivity contribution in [3.8, 4) is 29.1 Å². The molecule has 0 bridgehead atoms. The van der Waals surface area contributed by atoms with Gasteiger partial charge in [0.25, 0.3) is 5.91 Å². The highest BCUT2D eigenvalue weighted by atomic mass is 35.5. The van der Waals surface area contributed by atoms with Crippen LogP contribution in [0.15, 0.2) is 66.2 Å². The van der Waals surface area contributed by atoms with Gasteiger partial charge in [-0.1, -0.05) is 35.9 Å². The summed E-state index contributed by atoms with van der Waals surface area (Å²) in [6.45, 7) is 0.364. The van der Waals surface area contributed by atoms with E-state index in [1.54, 1.807) is 54.6 Å². The highest BCUT2D eigenvalue weighted by Crippen LogP contribution is 2.33. The van der Waals surface area contributed by atoms with E-state index < -0.39 is 11.9 Å². The van der Waals surface area contributed by atoms with E-state index in [1.165, 1.54) is 19.3 Å². The standard InChI is InChI=1S/C26H19ClN2O6/c1-32-23-11-16(6-9-22(23)35-26(31)19-4-2-3-5-20(19)27)10-18(13-28)25(30)29-14-17-7-8-21-24(12-17)34-15-33-21/h2-12H,14-15H2,1H3,(H,29,30). The van der Waals surface area contributed by atoms with Gasteiger partial charge >= 0.3 is 5.97 Å². The van der Waals surface area contributed by atoms with E-state index in [1.807, 2.05) is 6.07 Å². The normalized spacial score (nSPS) is 12.0. The SMILES string of the molecule is COc1cc(C=C(C#N)C(=O)NCc2ccc3c(c2)OCO3)ccc1OC(=O)c1ccccc1Cl. The Balaban J connectivity index is 1.46. The fourth-order valence-corrected chi connectivity index (χ4v) is 3.50. The molecule has 35 heavy (non-hydrogen) atoms. The fourth-order valence-electron chi connectivity index (χ4n) is 3.28. The second-order valence-electron chi connectivity index (χ2n) is 7.32. The smallest absolute Gasteiger partial charge is 0.345 e. The van der Waals surface area contributed by atoms with Gasteiger partial charge in [-0.3, -0.25) is 4.79 Å². The monoisotopic (exact) mass is 490 g/mol. The van der Waals surface area contributed by atoms with Crippen molar-refractivity contribution in [3.05, 3.63) is 87.9 Å². The van der Waals surface area contributed by atoms with Crippen LogP contribution >= 0.6 is 11.6 Å². The summed E-state index contributed by atoms with van der Waals surface area (Å²) in [6.07, 6.45) is 1.41. The Bertz CT molecular complexity index is 1360. The summed E-state index contributed by atoms with van der Waals surface area (Å²) in [5.41, 5.74) is 1.42. The number of carbonyl (C=O) groups excluding carboxylic acids is 2. The molecule has 0 aromatic heterocycles. The maximum Gasteiger partial charge on any atom is 0.345 e. The lowest BCUT2D eigenvalue weighted by Gasteiger charge is -2.11. The molecule has 1 N–H and O–H groups in total. The van der Waals surface area contributed by atoms with Gasteiger partial charge in [-0.2, -0.15) is 5.26 Å². The third kappa shape index (κ3) is 5.54. The summed E-state index contributed by atoms with van der Waals surface area (Å²) in [6, 6.07) is 18.4. The van der Waals surface area contributed by atoms with Crippen LogP contribution in [0.4, 0.5) is 0 Å². The van der Waals surface area contributed by atoms with Crippen molar-refractivity contribution >= 4 is 29.6 Å².